The Labute approximate surface area is 676 Å². The van der Waals surface area contributed by atoms with Gasteiger partial charge in [0.15, 0.2) is 0 Å². The van der Waals surface area contributed by atoms with Crippen LogP contribution in [0.5, 0.6) is 5.75 Å². The summed E-state index contributed by atoms with van der Waals surface area (Å²) in [5.41, 5.74) is 13.4. The molecule has 2 heterocycles. The van der Waals surface area contributed by atoms with E-state index in [1.807, 2.05) is 0 Å². The van der Waals surface area contributed by atoms with Gasteiger partial charge in [0.1, 0.15) is 66.2 Å². The molecule has 0 saturated carbocycles. The number of carbonyl (C=O) groups is 16. The van der Waals surface area contributed by atoms with Crippen LogP contribution in [-0.2, 0) is 102 Å². The third kappa shape index (κ3) is 28.5. The Hall–Kier alpha value is -11.9. The highest BCUT2D eigenvalue weighted by molar-refractivity contribution is 8.00. The largest absolute Gasteiger partial charge is 0.508 e. The minimum absolute atomic E-state index is 0.00231. The zero-order valence-electron chi connectivity index (χ0n) is 66.8. The molecule has 1 saturated heterocycles. The number of phenolic OH excluding ortho intramolecular Hbond substituents is 1. The molecule has 4 aromatic carbocycles. The first-order valence-corrected chi connectivity index (χ1v) is 39.2. The number of nitrogens with zero attached hydrogens (tertiary/aromatic N) is 5. The maximum Gasteiger partial charge on any atom is 0.305 e. The van der Waals surface area contributed by atoms with Crippen molar-refractivity contribution < 1.29 is 92.0 Å². The first kappa shape index (κ1) is 92.9. The average Bonchev–Trinajstić information content (AvgIpc) is 1.41. The lowest BCUT2D eigenvalue weighted by Crippen LogP contribution is -2.61. The first-order chi connectivity index (χ1) is 55.0. The molecule has 1 aliphatic heterocycles. The van der Waals surface area contributed by atoms with Crippen LogP contribution in [0.2, 0.25) is 0 Å². The van der Waals surface area contributed by atoms with E-state index in [0.29, 0.717) is 46.0 Å². The Balaban J connectivity index is 1.44. The summed E-state index contributed by atoms with van der Waals surface area (Å²) in [5, 5.41) is 49.2. The van der Waals surface area contributed by atoms with Gasteiger partial charge in [-0.2, -0.15) is 0 Å². The number of hydrogen-bond acceptors (Lipinski definition) is 19. The molecule has 36 heteroatoms. The number of amides is 14. The van der Waals surface area contributed by atoms with Crippen molar-refractivity contribution in [3.63, 3.8) is 0 Å². The average molecular weight is 1630 g/mol. The van der Waals surface area contributed by atoms with Gasteiger partial charge in [0, 0.05) is 90.2 Å². The zero-order chi connectivity index (χ0) is 85.6. The van der Waals surface area contributed by atoms with Crippen molar-refractivity contribution in [2.24, 2.45) is 17.6 Å². The summed E-state index contributed by atoms with van der Waals surface area (Å²) in [6.07, 6.45) is -0.697. The Morgan fingerprint density at radius 3 is 1.66 bits per heavy atom. The molecule has 0 spiro atoms. The predicted octanol–water partition coefficient (Wildman–Crippen LogP) is 0.0202. The molecule has 628 valence electrons. The number of benzene rings is 4. The van der Waals surface area contributed by atoms with E-state index >= 15 is 24.0 Å². The fraction of sp³-hybridized carbons (Fsp3) is 0.475. The van der Waals surface area contributed by atoms with Gasteiger partial charge in [-0.15, -0.1) is 11.8 Å². The van der Waals surface area contributed by atoms with Crippen molar-refractivity contribution in [2.75, 3.05) is 66.4 Å². The van der Waals surface area contributed by atoms with Crippen molar-refractivity contribution in [2.45, 2.75) is 166 Å². The molecule has 0 unspecified atom stereocenters. The van der Waals surface area contributed by atoms with Crippen molar-refractivity contribution in [3.05, 3.63) is 138 Å². The highest BCUT2D eigenvalue weighted by Crippen LogP contribution is 2.23. The molecule has 0 aliphatic carbocycles. The molecule has 10 atom stereocenters. The Morgan fingerprint density at radius 1 is 0.534 bits per heavy atom. The van der Waals surface area contributed by atoms with Crippen molar-refractivity contribution in [1.82, 2.24) is 77.6 Å². The zero-order valence-corrected chi connectivity index (χ0v) is 67.6. The Kier molecular flexibility index (Phi) is 36.2. The molecule has 15 N–H and O–H groups in total. The SMILES string of the molecule is CCCC[C@H]1C(=O)N(C)CC(=O)N[C@@H](CC(=O)O)C(=O)N[C@@H](C(C)C)C(=O)N(C)[C@@H](Cc2ccccc2)C(=O)N[C@@H](Cc2ccc(O)cc2)C(=O)N(C)CC(=O)N[C@@H](Cc2c[nH]c3ccccc23)C(=O)NN[C@@H](CC(C)C)C(=O)N[C@H](C(=O)NCC(N)=O)CSCC(=O)N[C@@H](Cc2ccccc2)C(=O)N(C)[C@@H](CCC(=O)O)C(=O)N1C. The summed E-state index contributed by atoms with van der Waals surface area (Å²) in [5.74, 6) is -17.9. The number of nitrogens with one attached hydrogen (secondary N) is 10. The number of H-pyrrole nitrogens is 1. The lowest BCUT2D eigenvalue weighted by molar-refractivity contribution is -0.152. The van der Waals surface area contributed by atoms with Gasteiger partial charge in [-0.05, 0) is 71.6 Å². The molecule has 1 aliphatic rings. The van der Waals surface area contributed by atoms with E-state index in [9.17, 15) is 68.1 Å². The number of aromatic amines is 1. The van der Waals surface area contributed by atoms with Crippen LogP contribution in [0.25, 0.3) is 10.9 Å². The Morgan fingerprint density at radius 2 is 1.07 bits per heavy atom. The van der Waals surface area contributed by atoms with E-state index in [0.717, 1.165) is 36.3 Å². The lowest BCUT2D eigenvalue weighted by atomic mass is 9.98. The second-order valence-corrected chi connectivity index (χ2v) is 30.5. The molecule has 116 heavy (non-hydrogen) atoms. The number of rotatable bonds is 22. The molecular weight excluding hydrogens is 1520 g/mol. The summed E-state index contributed by atoms with van der Waals surface area (Å²) < 4.78 is 0. The van der Waals surface area contributed by atoms with Gasteiger partial charge >= 0.3 is 11.9 Å². The van der Waals surface area contributed by atoms with Gasteiger partial charge in [-0.25, -0.2) is 5.43 Å². The van der Waals surface area contributed by atoms with Gasteiger partial charge in [-0.3, -0.25) is 82.1 Å². The van der Waals surface area contributed by atoms with E-state index in [1.165, 1.54) is 59.5 Å². The third-order valence-electron chi connectivity index (χ3n) is 19.5. The summed E-state index contributed by atoms with van der Waals surface area (Å²) in [4.78, 5) is 236. The monoisotopic (exact) mass is 1630 g/mol. The van der Waals surface area contributed by atoms with Gasteiger partial charge in [0.25, 0.3) is 5.91 Å². The quantitative estimate of drug-likeness (QED) is 0.0434. The van der Waals surface area contributed by atoms with Gasteiger partial charge in [0.05, 0.1) is 31.8 Å². The normalized spacial score (nSPS) is 22.3. The second kappa shape index (κ2) is 45.2. The molecular formula is C80H108N16O19S. The van der Waals surface area contributed by atoms with Crippen LogP contribution in [0.3, 0.4) is 0 Å². The Bertz CT molecular complexity index is 4280. The van der Waals surface area contributed by atoms with E-state index in [-0.39, 0.29) is 55.9 Å². The van der Waals surface area contributed by atoms with Crippen molar-refractivity contribution in [3.8, 4) is 5.75 Å². The molecule has 35 nitrogen and oxygen atoms in total. The van der Waals surface area contributed by atoms with Crippen molar-refractivity contribution >= 4 is 117 Å². The third-order valence-corrected chi connectivity index (χ3v) is 20.5. The summed E-state index contributed by atoms with van der Waals surface area (Å²) in [7, 11) is 6.21. The van der Waals surface area contributed by atoms with E-state index in [4.69, 9.17) is 5.73 Å². The minimum Gasteiger partial charge on any atom is -0.508 e. The number of carboxylic acid groups (broad SMARTS) is 2. The van der Waals surface area contributed by atoms with Crippen LogP contribution in [0.15, 0.2) is 115 Å². The standard InChI is InChI=1S/C80H108N16O19S/c1-11-12-27-61-78(113)93(7)43-66(100)85-56(39-69(104)105)72(107)89-70(47(4)5)80(115)96(10)63(37-49-23-17-14-18-24-49)75(110)87-58(36-50-28-30-52(97)31-29-50)76(111)92(6)42-65(99)84-55(38-51-40-82-54-26-20-19-25-53(51)54)74(109)91-90-57(34-46(2)3)73(108)88-60(71(106)83-41-64(81)98)44-116-45-67(101)86-59(35-48-21-15-13-16-22-48)77(112)94(8)62(32-33-68(102)103)79(114)95(61)9/h13-26,28-31,40,46-47,55-63,70,82,90,97H,11-12,27,32-39,41-45H2,1-10H3,(H2,81,98)(H,83,106)(H,84,99)(H,85,100)(H,86,101)(H,87,110)(H,88,108)(H,89,107)(H,91,109)(H,102,103)(H,104,105)/t55-,56-,57-,58-,59-,60-,61-,62-,63-,70-/m0/s1. The van der Waals surface area contributed by atoms with Crippen LogP contribution in [0.1, 0.15) is 102 Å². The highest BCUT2D eigenvalue weighted by Gasteiger charge is 2.42. The van der Waals surface area contributed by atoms with Crippen LogP contribution < -0.4 is 53.8 Å². The number of thioether (sulfide) groups is 1. The number of carboxylic acids is 2. The number of fused-ring (bicyclic) bond motifs is 1. The van der Waals surface area contributed by atoms with Crippen LogP contribution in [-0.4, -0.2) is 266 Å². The maximum atomic E-state index is 15.2. The number of unbranched alkanes of at least 4 members (excludes halogenated alkanes) is 1. The van der Waals surface area contributed by atoms with E-state index in [1.54, 1.807) is 126 Å². The number of primary amides is 1. The maximum absolute atomic E-state index is 15.2. The number of hydrogen-bond donors (Lipinski definition) is 14. The molecule has 5 aromatic rings. The number of nitrogens with two attached hydrogens (primary N) is 1. The fourth-order valence-electron chi connectivity index (χ4n) is 13.1. The predicted molar refractivity (Wildman–Crippen MR) is 428 cm³/mol. The van der Waals surface area contributed by atoms with Crippen LogP contribution in [0.4, 0.5) is 0 Å². The summed E-state index contributed by atoms with van der Waals surface area (Å²) in [6.45, 7) is 6.16. The number of hydrazine groups is 1. The van der Waals surface area contributed by atoms with Crippen LogP contribution >= 0.6 is 11.8 Å². The second-order valence-electron chi connectivity index (χ2n) is 29.5. The topological polar surface area (TPSA) is 500 Å². The molecule has 6 rings (SSSR count). The molecule has 0 bridgehead atoms. The van der Waals surface area contributed by atoms with E-state index < -0.39 is 206 Å². The van der Waals surface area contributed by atoms with Gasteiger partial charge < -0.3 is 87.8 Å². The number of aromatic hydroxyl groups is 1. The summed E-state index contributed by atoms with van der Waals surface area (Å²) >= 11 is 0.811. The molecule has 1 aromatic heterocycles. The first-order valence-electron chi connectivity index (χ1n) is 38.1. The smallest absolute Gasteiger partial charge is 0.305 e. The number of phenols is 1. The van der Waals surface area contributed by atoms with Gasteiger partial charge in [0.2, 0.25) is 76.8 Å². The molecule has 14 amide bonds. The number of aliphatic carboxylic acids is 2. The van der Waals surface area contributed by atoms with Crippen molar-refractivity contribution in [1.29, 1.82) is 0 Å². The highest BCUT2D eigenvalue weighted by atomic mass is 32.2. The van der Waals surface area contributed by atoms with Crippen LogP contribution in [0, 0.1) is 11.8 Å². The minimum atomic E-state index is -1.92. The number of aromatic nitrogens is 1. The number of carbonyl (C=O) groups excluding carboxylic acids is 14. The summed E-state index contributed by atoms with van der Waals surface area (Å²) in [6, 6.07) is 14.3. The lowest BCUT2D eigenvalue weighted by Gasteiger charge is -2.37. The van der Waals surface area contributed by atoms with Gasteiger partial charge in [-0.1, -0.05) is 138 Å². The number of likely N-dealkylation sites (N-methyl/N-ethyl adjacent to an activating group) is 5. The molecule has 1 fully saturated rings. The fourth-order valence-corrected chi connectivity index (χ4v) is 13.9. The van der Waals surface area contributed by atoms with E-state index in [2.05, 4.69) is 53.1 Å². The molecule has 0 radical (unpaired) electrons. The number of para-hydroxylation sites is 1.